The van der Waals surface area contributed by atoms with E-state index in [4.69, 9.17) is 9.47 Å². The summed E-state index contributed by atoms with van der Waals surface area (Å²) in [5.41, 5.74) is 1.38. The normalized spacial score (nSPS) is 24.5. The van der Waals surface area contributed by atoms with Gasteiger partial charge in [0.05, 0.1) is 11.1 Å². The number of carbonyl (C=O) groups is 5. The Hall–Kier alpha value is -4.29. The largest absolute Gasteiger partial charge is 0.492 e. The van der Waals surface area contributed by atoms with E-state index in [1.54, 1.807) is 23.1 Å². The third kappa shape index (κ3) is 5.72. The Labute approximate surface area is 242 Å². The number of benzene rings is 2. The summed E-state index contributed by atoms with van der Waals surface area (Å²) in [4.78, 5) is 67.3. The first-order valence-electron chi connectivity index (χ1n) is 14.3. The maximum absolute atomic E-state index is 13.1. The molecule has 4 aliphatic heterocycles. The Morgan fingerprint density at radius 2 is 1.69 bits per heavy atom. The van der Waals surface area contributed by atoms with Crippen molar-refractivity contribution in [2.45, 2.75) is 44.0 Å². The van der Waals surface area contributed by atoms with Crippen LogP contribution in [0.15, 0.2) is 48.5 Å². The Kier molecular flexibility index (Phi) is 7.90. The smallest absolute Gasteiger partial charge is 0.410 e. The summed E-state index contributed by atoms with van der Waals surface area (Å²) >= 11 is 0. The van der Waals surface area contributed by atoms with Gasteiger partial charge in [-0.3, -0.25) is 34.3 Å². The van der Waals surface area contributed by atoms with Gasteiger partial charge in [0, 0.05) is 51.2 Å². The molecule has 0 radical (unpaired) electrons. The lowest BCUT2D eigenvalue weighted by atomic mass is 10.0. The second-order valence-electron chi connectivity index (χ2n) is 11.0. The maximum atomic E-state index is 13.1. The van der Waals surface area contributed by atoms with Crippen LogP contribution >= 0.6 is 0 Å². The molecule has 12 nitrogen and oxygen atoms in total. The van der Waals surface area contributed by atoms with E-state index in [2.05, 4.69) is 15.5 Å². The van der Waals surface area contributed by atoms with Gasteiger partial charge in [-0.25, -0.2) is 4.79 Å². The molecule has 2 aromatic carbocycles. The maximum Gasteiger partial charge on any atom is 0.410 e. The molecule has 4 aliphatic rings. The highest BCUT2D eigenvalue weighted by Gasteiger charge is 2.44. The summed E-state index contributed by atoms with van der Waals surface area (Å²) in [5, 5.41) is 5.70. The zero-order chi connectivity index (χ0) is 29.2. The average molecular weight is 576 g/mol. The fourth-order valence-corrected chi connectivity index (χ4v) is 6.02. The second kappa shape index (κ2) is 11.9. The number of amides is 5. The number of rotatable bonds is 7. The molecule has 0 spiro atoms. The monoisotopic (exact) mass is 575 g/mol. The fraction of sp³-hybridized carbons (Fsp3) is 0.433. The molecule has 1 unspecified atom stereocenters. The van der Waals surface area contributed by atoms with Gasteiger partial charge >= 0.3 is 6.09 Å². The van der Waals surface area contributed by atoms with Crippen molar-refractivity contribution in [2.75, 3.05) is 39.3 Å². The van der Waals surface area contributed by atoms with Crippen LogP contribution in [0.4, 0.5) is 4.79 Å². The van der Waals surface area contributed by atoms with E-state index in [9.17, 15) is 24.0 Å². The number of nitrogens with zero attached hydrogens (tertiary/aromatic N) is 3. The number of imide groups is 2. The number of piperazine rings is 1. The summed E-state index contributed by atoms with van der Waals surface area (Å²) in [7, 11) is 0. The molecule has 220 valence electrons. The molecular weight excluding hydrogens is 542 g/mol. The molecule has 0 bridgehead atoms. The van der Waals surface area contributed by atoms with Crippen LogP contribution in [-0.2, 0) is 20.9 Å². The molecule has 42 heavy (non-hydrogen) atoms. The number of piperidine rings is 1. The van der Waals surface area contributed by atoms with Gasteiger partial charge in [-0.1, -0.05) is 30.3 Å². The van der Waals surface area contributed by atoms with Crippen molar-refractivity contribution in [3.05, 3.63) is 65.2 Å². The molecule has 2 N–H and O–H groups in total. The standard InChI is InChI=1S/C30H33N5O7/c36-26-9-8-25(27(37)32-26)35-28(38)23-7-6-22(15-24(23)29(35)39)41-18-20-14-21(16-31-20)33-10-12-34(13-11-33)30(40)42-17-19-4-2-1-3-5-19/h1-7,15,20-21,25,31H,8-14,16-18H2,(H,32,36,37)/t20-,21+,25?/m0/s1. The first-order valence-corrected chi connectivity index (χ1v) is 14.3. The van der Waals surface area contributed by atoms with Crippen LogP contribution in [0, 0.1) is 0 Å². The van der Waals surface area contributed by atoms with Crippen molar-refractivity contribution in [3.8, 4) is 5.75 Å². The highest BCUT2D eigenvalue weighted by atomic mass is 16.6. The molecule has 0 saturated carbocycles. The average Bonchev–Trinajstić information content (AvgIpc) is 3.58. The van der Waals surface area contributed by atoms with Gasteiger partial charge in [-0.2, -0.15) is 0 Å². The van der Waals surface area contributed by atoms with Crippen LogP contribution in [0.2, 0.25) is 0 Å². The van der Waals surface area contributed by atoms with E-state index < -0.39 is 29.7 Å². The predicted octanol–water partition coefficient (Wildman–Crippen LogP) is 1.15. The van der Waals surface area contributed by atoms with Crippen LogP contribution in [0.3, 0.4) is 0 Å². The van der Waals surface area contributed by atoms with Gasteiger partial charge < -0.3 is 19.7 Å². The molecule has 2 aromatic rings. The van der Waals surface area contributed by atoms with Gasteiger partial charge in [-0.15, -0.1) is 0 Å². The van der Waals surface area contributed by atoms with Crippen molar-refractivity contribution in [1.29, 1.82) is 0 Å². The molecular formula is C30H33N5O7. The van der Waals surface area contributed by atoms with Gasteiger partial charge in [-0.05, 0) is 36.6 Å². The lowest BCUT2D eigenvalue weighted by molar-refractivity contribution is -0.136. The number of fused-ring (bicyclic) bond motifs is 1. The SMILES string of the molecule is O=C1CCC(N2C(=O)c3ccc(OC[C@@H]4C[C@@H](N5CCN(C(=O)OCc6ccccc6)CC5)CN4)cc3C2=O)C(=O)N1. The highest BCUT2D eigenvalue weighted by Crippen LogP contribution is 2.30. The number of hydrogen-bond acceptors (Lipinski definition) is 9. The topological polar surface area (TPSA) is 138 Å². The minimum atomic E-state index is -0.999. The zero-order valence-corrected chi connectivity index (χ0v) is 23.1. The molecule has 4 heterocycles. The number of nitrogens with one attached hydrogen (secondary N) is 2. The van der Waals surface area contributed by atoms with Gasteiger partial charge in [0.2, 0.25) is 11.8 Å². The Morgan fingerprint density at radius 1 is 0.929 bits per heavy atom. The molecule has 3 saturated heterocycles. The lowest BCUT2D eigenvalue weighted by Gasteiger charge is -2.37. The third-order valence-corrected chi connectivity index (χ3v) is 8.36. The Bertz CT molecular complexity index is 1390. The van der Waals surface area contributed by atoms with Crippen molar-refractivity contribution in [3.63, 3.8) is 0 Å². The molecule has 12 heteroatoms. The summed E-state index contributed by atoms with van der Waals surface area (Å²) < 4.78 is 11.5. The summed E-state index contributed by atoms with van der Waals surface area (Å²) in [6.07, 6.45) is 0.778. The first kappa shape index (κ1) is 27.9. The number of hydrogen-bond donors (Lipinski definition) is 2. The second-order valence-corrected chi connectivity index (χ2v) is 11.0. The molecule has 5 amide bonds. The Morgan fingerprint density at radius 3 is 2.45 bits per heavy atom. The van der Waals surface area contributed by atoms with Crippen molar-refractivity contribution < 1.29 is 33.4 Å². The summed E-state index contributed by atoms with van der Waals surface area (Å²) in [6, 6.07) is 13.8. The van der Waals surface area contributed by atoms with Gasteiger partial charge in [0.15, 0.2) is 0 Å². The van der Waals surface area contributed by atoms with Crippen molar-refractivity contribution in [2.24, 2.45) is 0 Å². The third-order valence-electron chi connectivity index (χ3n) is 8.36. The zero-order valence-electron chi connectivity index (χ0n) is 23.1. The van der Waals surface area contributed by atoms with Crippen LogP contribution < -0.4 is 15.4 Å². The molecule has 0 aromatic heterocycles. The fourth-order valence-electron chi connectivity index (χ4n) is 6.02. The van der Waals surface area contributed by atoms with E-state index in [-0.39, 0.29) is 42.7 Å². The molecule has 0 aliphatic carbocycles. The number of carbonyl (C=O) groups excluding carboxylic acids is 5. The molecule has 3 atom stereocenters. The number of ether oxygens (including phenoxy) is 2. The Balaban J connectivity index is 0.964. The first-order chi connectivity index (χ1) is 20.4. The van der Waals surface area contributed by atoms with Crippen molar-refractivity contribution >= 4 is 29.7 Å². The minimum Gasteiger partial charge on any atom is -0.492 e. The van der Waals surface area contributed by atoms with E-state index in [1.165, 1.54) is 0 Å². The summed E-state index contributed by atoms with van der Waals surface area (Å²) in [6.45, 7) is 4.23. The van der Waals surface area contributed by atoms with Crippen LogP contribution in [0.5, 0.6) is 5.75 Å². The lowest BCUT2D eigenvalue weighted by Crippen LogP contribution is -2.54. The van der Waals surface area contributed by atoms with Crippen LogP contribution in [-0.4, -0.2) is 102 Å². The minimum absolute atomic E-state index is 0.0739. The van der Waals surface area contributed by atoms with E-state index in [1.807, 2.05) is 30.3 Å². The van der Waals surface area contributed by atoms with Gasteiger partial charge in [0.25, 0.3) is 11.8 Å². The van der Waals surface area contributed by atoms with E-state index in [0.717, 1.165) is 36.5 Å². The molecule has 3 fully saturated rings. The van der Waals surface area contributed by atoms with Gasteiger partial charge in [0.1, 0.15) is 25.0 Å². The van der Waals surface area contributed by atoms with E-state index in [0.29, 0.717) is 31.5 Å². The quantitative estimate of drug-likeness (QED) is 0.466. The van der Waals surface area contributed by atoms with Crippen molar-refractivity contribution in [1.82, 2.24) is 25.3 Å². The van der Waals surface area contributed by atoms with E-state index >= 15 is 0 Å². The predicted molar refractivity (Wildman–Crippen MR) is 149 cm³/mol. The summed E-state index contributed by atoms with van der Waals surface area (Å²) in [5.74, 6) is -1.68. The highest BCUT2D eigenvalue weighted by molar-refractivity contribution is 6.23. The van der Waals surface area contributed by atoms with Crippen LogP contribution in [0.25, 0.3) is 0 Å². The molecule has 6 rings (SSSR count). The van der Waals surface area contributed by atoms with Crippen LogP contribution in [0.1, 0.15) is 45.5 Å².